The zero-order valence-corrected chi connectivity index (χ0v) is 8.63. The molecule has 0 unspecified atom stereocenters. The minimum absolute atomic E-state index is 0.0246. The van der Waals surface area contributed by atoms with Gasteiger partial charge in [0.1, 0.15) is 11.5 Å². The van der Waals surface area contributed by atoms with E-state index in [4.69, 9.17) is 10.2 Å². The van der Waals surface area contributed by atoms with Crippen LogP contribution in [0.2, 0.25) is 0 Å². The average Bonchev–Trinajstić information content (AvgIpc) is 2.63. The summed E-state index contributed by atoms with van der Waals surface area (Å²) in [5.41, 5.74) is 6.33. The van der Waals surface area contributed by atoms with Crippen molar-refractivity contribution >= 4 is 6.01 Å². The molecule has 2 N–H and O–H groups in total. The largest absolute Gasteiger partial charge is 0.428 e. The average molecular weight is 224 g/mol. The van der Waals surface area contributed by atoms with Gasteiger partial charge in [0.05, 0.1) is 0 Å². The van der Waals surface area contributed by atoms with Crippen molar-refractivity contribution in [1.82, 2.24) is 4.98 Å². The highest BCUT2D eigenvalue weighted by Crippen LogP contribution is 2.26. The number of aromatic nitrogens is 1. The van der Waals surface area contributed by atoms with E-state index in [0.29, 0.717) is 23.4 Å². The monoisotopic (exact) mass is 224 g/mol. The van der Waals surface area contributed by atoms with E-state index < -0.39 is 11.6 Å². The molecule has 1 heterocycles. The Morgan fingerprint density at radius 2 is 2.06 bits per heavy atom. The molecule has 5 heteroatoms. The Balaban J connectivity index is 2.53. The van der Waals surface area contributed by atoms with Crippen LogP contribution in [0.25, 0.3) is 11.3 Å². The molecule has 0 aliphatic rings. The normalized spacial score (nSPS) is 10.7. The fourth-order valence-electron chi connectivity index (χ4n) is 1.48. The Morgan fingerprint density at radius 1 is 1.31 bits per heavy atom. The second kappa shape index (κ2) is 3.92. The first-order valence-corrected chi connectivity index (χ1v) is 4.82. The summed E-state index contributed by atoms with van der Waals surface area (Å²) in [5, 5.41) is 0. The van der Waals surface area contributed by atoms with Crippen molar-refractivity contribution in [2.24, 2.45) is 0 Å². The van der Waals surface area contributed by atoms with Crippen molar-refractivity contribution in [2.75, 3.05) is 5.73 Å². The summed E-state index contributed by atoms with van der Waals surface area (Å²) in [5.74, 6) is -1.25. The number of aryl methyl sites for hydroxylation is 1. The van der Waals surface area contributed by atoms with Crippen molar-refractivity contribution in [3.8, 4) is 11.3 Å². The third-order valence-electron chi connectivity index (χ3n) is 2.23. The van der Waals surface area contributed by atoms with Crippen LogP contribution in [0, 0.1) is 11.6 Å². The number of nitrogens with zero attached hydrogens (tertiary/aromatic N) is 1. The molecule has 3 nitrogen and oxygen atoms in total. The summed E-state index contributed by atoms with van der Waals surface area (Å²) in [6.45, 7) is 1.86. The van der Waals surface area contributed by atoms with E-state index in [1.807, 2.05) is 6.92 Å². The van der Waals surface area contributed by atoms with Crippen LogP contribution in [0.4, 0.5) is 14.8 Å². The second-order valence-corrected chi connectivity index (χ2v) is 3.31. The van der Waals surface area contributed by atoms with Gasteiger partial charge in [-0.15, -0.1) is 0 Å². The quantitative estimate of drug-likeness (QED) is 0.853. The number of nitrogen functional groups attached to an aromatic ring is 1. The van der Waals surface area contributed by atoms with Gasteiger partial charge < -0.3 is 10.2 Å². The Morgan fingerprint density at radius 3 is 2.69 bits per heavy atom. The molecule has 0 amide bonds. The molecule has 2 aromatic rings. The van der Waals surface area contributed by atoms with Crippen LogP contribution in [-0.2, 0) is 6.42 Å². The first-order valence-electron chi connectivity index (χ1n) is 4.82. The van der Waals surface area contributed by atoms with Crippen molar-refractivity contribution in [2.45, 2.75) is 13.3 Å². The number of benzene rings is 1. The molecule has 0 spiro atoms. The summed E-state index contributed by atoms with van der Waals surface area (Å²) in [4.78, 5) is 3.94. The molecule has 0 aliphatic carbocycles. The van der Waals surface area contributed by atoms with E-state index in [1.165, 1.54) is 6.07 Å². The van der Waals surface area contributed by atoms with Gasteiger partial charge in [0.15, 0.2) is 11.6 Å². The number of anilines is 1. The van der Waals surface area contributed by atoms with E-state index in [2.05, 4.69) is 4.98 Å². The highest BCUT2D eigenvalue weighted by Gasteiger charge is 2.13. The SMILES string of the molecule is CCc1oc(N)nc1-c1ccc(F)c(F)c1. The van der Waals surface area contributed by atoms with Gasteiger partial charge in [-0.1, -0.05) is 6.92 Å². The number of rotatable bonds is 2. The Kier molecular flexibility index (Phi) is 2.60. The summed E-state index contributed by atoms with van der Waals surface area (Å²) >= 11 is 0. The maximum atomic E-state index is 13.0. The van der Waals surface area contributed by atoms with Crippen LogP contribution in [-0.4, -0.2) is 4.98 Å². The first-order chi connectivity index (χ1) is 7.61. The van der Waals surface area contributed by atoms with E-state index in [-0.39, 0.29) is 6.01 Å². The highest BCUT2D eigenvalue weighted by molar-refractivity contribution is 5.62. The van der Waals surface area contributed by atoms with E-state index in [0.717, 1.165) is 12.1 Å². The van der Waals surface area contributed by atoms with Gasteiger partial charge in [0.25, 0.3) is 6.01 Å². The molecule has 0 atom stereocenters. The number of halogens is 2. The molecular weight excluding hydrogens is 214 g/mol. The Bertz CT molecular complexity index is 523. The predicted molar refractivity (Wildman–Crippen MR) is 55.6 cm³/mol. The Hall–Kier alpha value is -1.91. The van der Waals surface area contributed by atoms with Gasteiger partial charge in [0.2, 0.25) is 0 Å². The zero-order valence-electron chi connectivity index (χ0n) is 8.63. The summed E-state index contributed by atoms with van der Waals surface area (Å²) in [6.07, 6.45) is 0.582. The minimum Gasteiger partial charge on any atom is -0.428 e. The maximum Gasteiger partial charge on any atom is 0.292 e. The number of hydrogen-bond donors (Lipinski definition) is 1. The predicted octanol–water partition coefficient (Wildman–Crippen LogP) is 2.76. The van der Waals surface area contributed by atoms with Crippen LogP contribution in [0.1, 0.15) is 12.7 Å². The molecule has 0 aliphatic heterocycles. The lowest BCUT2D eigenvalue weighted by Gasteiger charge is -1.99. The van der Waals surface area contributed by atoms with Crippen LogP contribution >= 0.6 is 0 Å². The van der Waals surface area contributed by atoms with Crippen LogP contribution in [0.5, 0.6) is 0 Å². The lowest BCUT2D eigenvalue weighted by molar-refractivity contribution is 0.509. The molecule has 84 valence electrons. The molecule has 0 radical (unpaired) electrons. The second-order valence-electron chi connectivity index (χ2n) is 3.31. The highest BCUT2D eigenvalue weighted by atomic mass is 19.2. The van der Waals surface area contributed by atoms with E-state index in [1.54, 1.807) is 0 Å². The molecule has 1 aromatic carbocycles. The van der Waals surface area contributed by atoms with Crippen molar-refractivity contribution in [1.29, 1.82) is 0 Å². The molecular formula is C11H10F2N2O. The number of hydrogen-bond acceptors (Lipinski definition) is 3. The maximum absolute atomic E-state index is 13.0. The van der Waals surface area contributed by atoms with E-state index in [9.17, 15) is 8.78 Å². The lowest BCUT2D eigenvalue weighted by Crippen LogP contribution is -1.89. The summed E-state index contributed by atoms with van der Waals surface area (Å²) in [6, 6.07) is 3.59. The van der Waals surface area contributed by atoms with Gasteiger partial charge in [-0.2, -0.15) is 4.98 Å². The summed E-state index contributed by atoms with van der Waals surface area (Å²) < 4.78 is 30.9. The lowest BCUT2D eigenvalue weighted by atomic mass is 10.1. The van der Waals surface area contributed by atoms with Gasteiger partial charge >= 0.3 is 0 Å². The van der Waals surface area contributed by atoms with Gasteiger partial charge in [-0.05, 0) is 18.2 Å². The van der Waals surface area contributed by atoms with Crippen LogP contribution < -0.4 is 5.73 Å². The van der Waals surface area contributed by atoms with E-state index >= 15 is 0 Å². The van der Waals surface area contributed by atoms with Crippen molar-refractivity contribution in [3.63, 3.8) is 0 Å². The van der Waals surface area contributed by atoms with Gasteiger partial charge in [0, 0.05) is 12.0 Å². The number of nitrogens with two attached hydrogens (primary N) is 1. The zero-order chi connectivity index (χ0) is 11.7. The molecule has 0 saturated carbocycles. The molecule has 2 rings (SSSR count). The fourth-order valence-corrected chi connectivity index (χ4v) is 1.48. The van der Waals surface area contributed by atoms with Gasteiger partial charge in [-0.25, -0.2) is 8.78 Å². The van der Waals surface area contributed by atoms with Crippen LogP contribution in [0.15, 0.2) is 22.6 Å². The molecule has 0 fully saturated rings. The topological polar surface area (TPSA) is 52.0 Å². The first kappa shape index (κ1) is 10.6. The van der Waals surface area contributed by atoms with Crippen molar-refractivity contribution < 1.29 is 13.2 Å². The fraction of sp³-hybridized carbons (Fsp3) is 0.182. The standard InChI is InChI=1S/C11H10F2N2O/c1-2-9-10(15-11(14)16-9)6-3-4-7(12)8(13)5-6/h3-5H,2H2,1H3,(H2,14,15). The number of oxazole rings is 1. The third kappa shape index (κ3) is 1.76. The van der Waals surface area contributed by atoms with Crippen LogP contribution in [0.3, 0.4) is 0 Å². The van der Waals surface area contributed by atoms with Crippen molar-refractivity contribution in [3.05, 3.63) is 35.6 Å². The van der Waals surface area contributed by atoms with Gasteiger partial charge in [-0.3, -0.25) is 0 Å². The molecule has 0 saturated heterocycles. The smallest absolute Gasteiger partial charge is 0.292 e. The molecule has 0 bridgehead atoms. The Labute approximate surface area is 90.9 Å². The third-order valence-corrected chi connectivity index (χ3v) is 2.23. The minimum atomic E-state index is -0.916. The summed E-state index contributed by atoms with van der Waals surface area (Å²) in [7, 11) is 0. The molecule has 1 aromatic heterocycles. The molecule has 16 heavy (non-hydrogen) atoms.